The van der Waals surface area contributed by atoms with Gasteiger partial charge in [-0.3, -0.25) is 9.59 Å². The third-order valence-corrected chi connectivity index (χ3v) is 3.35. The van der Waals surface area contributed by atoms with Crippen molar-refractivity contribution >= 4 is 17.6 Å². The van der Waals surface area contributed by atoms with E-state index in [0.717, 1.165) is 6.42 Å². The molecule has 2 rings (SSSR count). The van der Waals surface area contributed by atoms with E-state index < -0.39 is 0 Å². The summed E-state index contributed by atoms with van der Waals surface area (Å²) in [4.78, 5) is 27.4. The highest BCUT2D eigenvalue weighted by molar-refractivity contribution is 5.91. The minimum Gasteiger partial charge on any atom is -0.493 e. The van der Waals surface area contributed by atoms with Crippen LogP contribution in [0.15, 0.2) is 18.3 Å². The minimum atomic E-state index is -0.203. The Morgan fingerprint density at radius 2 is 2.25 bits per heavy atom. The summed E-state index contributed by atoms with van der Waals surface area (Å²) in [5.41, 5.74) is 0. The summed E-state index contributed by atoms with van der Waals surface area (Å²) in [6.45, 7) is 2.38. The highest BCUT2D eigenvalue weighted by Gasteiger charge is 2.38. The van der Waals surface area contributed by atoms with Crippen molar-refractivity contribution < 1.29 is 14.3 Å². The van der Waals surface area contributed by atoms with E-state index in [-0.39, 0.29) is 24.2 Å². The topological polar surface area (TPSA) is 80.3 Å². The van der Waals surface area contributed by atoms with Crippen molar-refractivity contribution in [3.05, 3.63) is 18.3 Å². The van der Waals surface area contributed by atoms with Gasteiger partial charge in [0.1, 0.15) is 0 Å². The fourth-order valence-electron chi connectivity index (χ4n) is 1.96. The number of anilines is 1. The van der Waals surface area contributed by atoms with E-state index in [1.807, 2.05) is 6.92 Å². The lowest BCUT2D eigenvalue weighted by Gasteiger charge is -2.09. The second kappa shape index (κ2) is 6.36. The molecule has 1 heterocycles. The molecule has 0 unspecified atom stereocenters. The zero-order chi connectivity index (χ0) is 14.5. The van der Waals surface area contributed by atoms with Crippen LogP contribution in [0.5, 0.6) is 5.75 Å². The molecule has 0 radical (unpaired) electrons. The Morgan fingerprint density at radius 1 is 1.50 bits per heavy atom. The van der Waals surface area contributed by atoms with Gasteiger partial charge in [0.2, 0.25) is 11.8 Å². The van der Waals surface area contributed by atoms with Gasteiger partial charge in [0, 0.05) is 25.1 Å². The molecule has 0 bridgehead atoms. The maximum absolute atomic E-state index is 11.8. The van der Waals surface area contributed by atoms with Crippen molar-refractivity contribution in [1.82, 2.24) is 10.3 Å². The van der Waals surface area contributed by atoms with Crippen LogP contribution in [0.25, 0.3) is 0 Å². The first-order chi connectivity index (χ1) is 9.61. The number of amides is 2. The second-order valence-electron chi connectivity index (χ2n) is 4.96. The van der Waals surface area contributed by atoms with Crippen LogP contribution in [-0.4, -0.2) is 30.5 Å². The predicted octanol–water partition coefficient (Wildman–Crippen LogP) is 1.19. The lowest BCUT2D eigenvalue weighted by atomic mass is 10.3. The van der Waals surface area contributed by atoms with Crippen molar-refractivity contribution in [2.75, 3.05) is 19.0 Å². The summed E-state index contributed by atoms with van der Waals surface area (Å²) < 4.78 is 5.09. The highest BCUT2D eigenvalue weighted by Crippen LogP contribution is 2.37. The Balaban J connectivity index is 1.74. The van der Waals surface area contributed by atoms with E-state index in [2.05, 4.69) is 15.6 Å². The SMILES string of the molecule is COc1cccnc1NC(=O)CCNC(=O)[C@H]1C[C@@H]1C. The first-order valence-electron chi connectivity index (χ1n) is 6.68. The van der Waals surface area contributed by atoms with Crippen molar-refractivity contribution in [1.29, 1.82) is 0 Å². The van der Waals surface area contributed by atoms with E-state index in [1.165, 1.54) is 7.11 Å². The molecule has 0 aliphatic heterocycles. The van der Waals surface area contributed by atoms with Crippen molar-refractivity contribution in [2.45, 2.75) is 19.8 Å². The van der Waals surface area contributed by atoms with Gasteiger partial charge in [0.15, 0.2) is 11.6 Å². The summed E-state index contributed by atoms with van der Waals surface area (Å²) in [5.74, 6) is 1.35. The molecule has 20 heavy (non-hydrogen) atoms. The zero-order valence-corrected chi connectivity index (χ0v) is 11.7. The van der Waals surface area contributed by atoms with Gasteiger partial charge >= 0.3 is 0 Å². The van der Waals surface area contributed by atoms with Gasteiger partial charge in [0.05, 0.1) is 7.11 Å². The number of nitrogens with one attached hydrogen (secondary N) is 2. The van der Waals surface area contributed by atoms with E-state index in [1.54, 1.807) is 18.3 Å². The van der Waals surface area contributed by atoms with E-state index in [4.69, 9.17) is 4.74 Å². The van der Waals surface area contributed by atoms with Gasteiger partial charge in [-0.05, 0) is 24.5 Å². The van der Waals surface area contributed by atoms with Crippen LogP contribution < -0.4 is 15.4 Å². The Hall–Kier alpha value is -2.11. The third kappa shape index (κ3) is 3.69. The zero-order valence-electron chi connectivity index (χ0n) is 11.7. The molecule has 0 aromatic carbocycles. The molecule has 2 atom stereocenters. The van der Waals surface area contributed by atoms with Gasteiger partial charge in [-0.1, -0.05) is 6.92 Å². The quantitative estimate of drug-likeness (QED) is 0.818. The average molecular weight is 277 g/mol. The number of methoxy groups -OCH3 is 1. The van der Waals surface area contributed by atoms with Gasteiger partial charge in [-0.25, -0.2) is 4.98 Å². The van der Waals surface area contributed by atoms with Crippen molar-refractivity contribution in [3.63, 3.8) is 0 Å². The van der Waals surface area contributed by atoms with Crippen LogP contribution in [0.2, 0.25) is 0 Å². The van der Waals surface area contributed by atoms with Crippen LogP contribution in [0.3, 0.4) is 0 Å². The van der Waals surface area contributed by atoms with Crippen LogP contribution in [0.1, 0.15) is 19.8 Å². The lowest BCUT2D eigenvalue weighted by molar-refractivity contribution is -0.122. The van der Waals surface area contributed by atoms with Gasteiger partial charge in [-0.15, -0.1) is 0 Å². The Kier molecular flexibility index (Phi) is 4.55. The standard InChI is InChI=1S/C14H19N3O3/c1-9-8-10(9)14(19)16-7-5-12(18)17-13-11(20-2)4-3-6-15-13/h3-4,6,9-10H,5,7-8H2,1-2H3,(H,16,19)(H,15,17,18)/t9-,10-/m0/s1. The van der Waals surface area contributed by atoms with E-state index in [0.29, 0.717) is 24.0 Å². The Labute approximate surface area is 117 Å². The highest BCUT2D eigenvalue weighted by atomic mass is 16.5. The molecule has 1 aromatic heterocycles. The molecule has 1 saturated carbocycles. The maximum atomic E-state index is 11.8. The predicted molar refractivity (Wildman–Crippen MR) is 74.3 cm³/mol. The third-order valence-electron chi connectivity index (χ3n) is 3.35. The molecule has 2 N–H and O–H groups in total. The molecule has 6 nitrogen and oxygen atoms in total. The van der Waals surface area contributed by atoms with E-state index in [9.17, 15) is 9.59 Å². The maximum Gasteiger partial charge on any atom is 0.227 e. The number of aromatic nitrogens is 1. The molecule has 1 aromatic rings. The minimum absolute atomic E-state index is 0.0423. The van der Waals surface area contributed by atoms with Gasteiger partial charge < -0.3 is 15.4 Å². The van der Waals surface area contributed by atoms with Gasteiger partial charge in [-0.2, -0.15) is 0 Å². The fourth-order valence-corrected chi connectivity index (χ4v) is 1.96. The Bertz CT molecular complexity index is 504. The molecule has 1 fully saturated rings. The molecule has 1 aliphatic carbocycles. The van der Waals surface area contributed by atoms with Crippen LogP contribution in [-0.2, 0) is 9.59 Å². The number of carbonyl (C=O) groups is 2. The number of nitrogens with zero attached hydrogens (tertiary/aromatic N) is 1. The monoisotopic (exact) mass is 277 g/mol. The molecule has 108 valence electrons. The number of carbonyl (C=O) groups excluding carboxylic acids is 2. The lowest BCUT2D eigenvalue weighted by Crippen LogP contribution is -2.29. The summed E-state index contributed by atoms with van der Waals surface area (Å²) >= 11 is 0. The largest absolute Gasteiger partial charge is 0.493 e. The molecule has 6 heteroatoms. The molecular formula is C14H19N3O3. The smallest absolute Gasteiger partial charge is 0.227 e. The normalized spacial score (nSPS) is 20.1. The molecule has 1 aliphatic rings. The Morgan fingerprint density at radius 3 is 2.90 bits per heavy atom. The molecule has 0 spiro atoms. The number of ether oxygens (including phenoxy) is 1. The van der Waals surface area contributed by atoms with Crippen molar-refractivity contribution in [2.24, 2.45) is 11.8 Å². The van der Waals surface area contributed by atoms with Crippen LogP contribution in [0.4, 0.5) is 5.82 Å². The number of pyridine rings is 1. The van der Waals surface area contributed by atoms with Crippen molar-refractivity contribution in [3.8, 4) is 5.75 Å². The summed E-state index contributed by atoms with van der Waals surface area (Å²) in [6, 6.07) is 3.45. The summed E-state index contributed by atoms with van der Waals surface area (Å²) in [6.07, 6.45) is 2.74. The number of hydrogen-bond acceptors (Lipinski definition) is 4. The van der Waals surface area contributed by atoms with Gasteiger partial charge in [0.25, 0.3) is 0 Å². The fraction of sp³-hybridized carbons (Fsp3) is 0.500. The van der Waals surface area contributed by atoms with Crippen LogP contribution in [0, 0.1) is 11.8 Å². The first-order valence-corrected chi connectivity index (χ1v) is 6.68. The average Bonchev–Trinajstić information content (AvgIpc) is 3.16. The number of hydrogen-bond donors (Lipinski definition) is 2. The second-order valence-corrected chi connectivity index (χ2v) is 4.96. The molecule has 0 saturated heterocycles. The van der Waals surface area contributed by atoms with Crippen LogP contribution >= 0.6 is 0 Å². The molecular weight excluding hydrogens is 258 g/mol. The first kappa shape index (κ1) is 14.3. The summed E-state index contributed by atoms with van der Waals surface area (Å²) in [5, 5.41) is 5.43. The molecule has 2 amide bonds. The number of rotatable bonds is 6. The summed E-state index contributed by atoms with van der Waals surface area (Å²) in [7, 11) is 1.52. The van der Waals surface area contributed by atoms with E-state index >= 15 is 0 Å².